The monoisotopic (exact) mass is 599 g/mol. The van der Waals surface area contributed by atoms with Crippen LogP contribution in [0.3, 0.4) is 0 Å². The molecule has 38 heavy (non-hydrogen) atoms. The van der Waals surface area contributed by atoms with Crippen molar-refractivity contribution in [1.82, 2.24) is 10.7 Å². The van der Waals surface area contributed by atoms with Gasteiger partial charge in [-0.3, -0.25) is 9.59 Å². The van der Waals surface area contributed by atoms with E-state index in [9.17, 15) is 9.59 Å². The van der Waals surface area contributed by atoms with Crippen molar-refractivity contribution in [2.24, 2.45) is 11.0 Å². The molecule has 200 valence electrons. The van der Waals surface area contributed by atoms with E-state index in [4.69, 9.17) is 21.1 Å². The molecule has 3 aromatic rings. The second kappa shape index (κ2) is 14.5. The molecule has 3 aromatic carbocycles. The topological polar surface area (TPSA) is 89.0 Å². The minimum atomic E-state index is -0.747. The Morgan fingerprint density at radius 3 is 2.37 bits per heavy atom. The fourth-order valence-corrected chi connectivity index (χ4v) is 3.92. The van der Waals surface area contributed by atoms with Crippen molar-refractivity contribution in [3.63, 3.8) is 0 Å². The summed E-state index contributed by atoms with van der Waals surface area (Å²) in [5.41, 5.74) is 4.71. The third-order valence-corrected chi connectivity index (χ3v) is 6.18. The average Bonchev–Trinajstić information content (AvgIpc) is 2.89. The van der Waals surface area contributed by atoms with E-state index in [1.165, 1.54) is 6.21 Å². The highest BCUT2D eigenvalue weighted by Gasteiger charge is 2.22. The molecule has 1 atom stereocenters. The van der Waals surface area contributed by atoms with Crippen LogP contribution in [0.25, 0.3) is 0 Å². The van der Waals surface area contributed by atoms with Crippen molar-refractivity contribution >= 4 is 45.6 Å². The molecule has 0 radical (unpaired) electrons. The van der Waals surface area contributed by atoms with Gasteiger partial charge in [0.05, 0.1) is 12.8 Å². The van der Waals surface area contributed by atoms with Gasteiger partial charge in [-0.05, 0) is 85.0 Å². The van der Waals surface area contributed by atoms with Crippen LogP contribution in [-0.2, 0) is 11.4 Å². The average molecular weight is 601 g/mol. The number of hydrogen-bond donors (Lipinski definition) is 2. The maximum atomic E-state index is 12.8. The second-order valence-electron chi connectivity index (χ2n) is 8.95. The molecule has 0 aliphatic heterocycles. The Labute approximate surface area is 236 Å². The van der Waals surface area contributed by atoms with Gasteiger partial charge in [-0.1, -0.05) is 53.5 Å². The van der Waals surface area contributed by atoms with E-state index >= 15 is 0 Å². The molecule has 0 aliphatic rings. The van der Waals surface area contributed by atoms with Crippen LogP contribution in [0.5, 0.6) is 11.5 Å². The summed E-state index contributed by atoms with van der Waals surface area (Å²) in [5, 5.41) is 7.42. The minimum absolute atomic E-state index is 0.180. The Hall–Kier alpha value is -3.36. The molecule has 0 bridgehead atoms. The maximum Gasteiger partial charge on any atom is 0.262 e. The summed E-state index contributed by atoms with van der Waals surface area (Å²) in [6.07, 6.45) is 1.98. The van der Waals surface area contributed by atoms with Gasteiger partial charge in [0.15, 0.2) is 11.5 Å². The minimum Gasteiger partial charge on any atom is -0.490 e. The summed E-state index contributed by atoms with van der Waals surface area (Å²) in [4.78, 5) is 25.5. The predicted octanol–water partition coefficient (Wildman–Crippen LogP) is 6.38. The molecule has 0 heterocycles. The van der Waals surface area contributed by atoms with Crippen molar-refractivity contribution in [3.8, 4) is 11.5 Å². The number of nitrogens with zero attached hydrogens (tertiary/aromatic N) is 1. The SMILES string of the molecule is CCOc1cc(C=NNC(=O)C(CC(C)C)NC(=O)c2ccc(Cl)cc2)ccc1OCc1ccc(Br)cc1. The molecule has 0 aromatic heterocycles. The van der Waals surface area contributed by atoms with Crippen LogP contribution < -0.4 is 20.2 Å². The number of carbonyl (C=O) groups excluding carboxylic acids is 2. The Bertz CT molecular complexity index is 1250. The Morgan fingerprint density at radius 2 is 1.71 bits per heavy atom. The molecule has 7 nitrogen and oxygen atoms in total. The van der Waals surface area contributed by atoms with Crippen molar-refractivity contribution in [3.05, 3.63) is 92.9 Å². The highest BCUT2D eigenvalue weighted by Crippen LogP contribution is 2.29. The number of carbonyl (C=O) groups is 2. The number of hydrazone groups is 1. The fraction of sp³-hybridized carbons (Fsp3) is 0.276. The molecule has 2 amide bonds. The lowest BCUT2D eigenvalue weighted by Gasteiger charge is -2.19. The summed E-state index contributed by atoms with van der Waals surface area (Å²) < 4.78 is 12.7. The van der Waals surface area contributed by atoms with Crippen LogP contribution in [0.15, 0.2) is 76.3 Å². The smallest absolute Gasteiger partial charge is 0.262 e. The normalized spacial score (nSPS) is 11.8. The zero-order chi connectivity index (χ0) is 27.5. The van der Waals surface area contributed by atoms with Gasteiger partial charge in [0.2, 0.25) is 0 Å². The summed E-state index contributed by atoms with van der Waals surface area (Å²) in [6, 6.07) is 19.1. The van der Waals surface area contributed by atoms with Gasteiger partial charge in [-0.25, -0.2) is 5.43 Å². The molecule has 0 aliphatic carbocycles. The Balaban J connectivity index is 1.63. The van der Waals surface area contributed by atoms with Gasteiger partial charge in [-0.15, -0.1) is 0 Å². The number of amides is 2. The standard InChI is InChI=1S/C29H31BrClN3O4/c1-4-37-27-16-21(7-14-26(27)38-18-20-5-10-23(30)11-6-20)17-32-34-29(36)25(15-19(2)3)33-28(35)22-8-12-24(31)13-9-22/h5-14,16-17,19,25H,4,15,18H2,1-3H3,(H,33,35)(H,34,36). The highest BCUT2D eigenvalue weighted by molar-refractivity contribution is 9.10. The number of nitrogens with one attached hydrogen (secondary N) is 2. The third kappa shape index (κ3) is 9.19. The van der Waals surface area contributed by atoms with Crippen LogP contribution >= 0.6 is 27.5 Å². The van der Waals surface area contributed by atoms with E-state index in [2.05, 4.69) is 31.8 Å². The summed E-state index contributed by atoms with van der Waals surface area (Å²) in [5.74, 6) is 0.605. The number of halogens is 2. The molecular weight excluding hydrogens is 570 g/mol. The van der Waals surface area contributed by atoms with Gasteiger partial charge in [0, 0.05) is 15.1 Å². The summed E-state index contributed by atoms with van der Waals surface area (Å²) in [6.45, 7) is 6.72. The van der Waals surface area contributed by atoms with E-state index in [0.29, 0.717) is 41.7 Å². The van der Waals surface area contributed by atoms with E-state index in [-0.39, 0.29) is 11.8 Å². The van der Waals surface area contributed by atoms with Crippen molar-refractivity contribution in [1.29, 1.82) is 0 Å². The highest BCUT2D eigenvalue weighted by atomic mass is 79.9. The molecule has 0 fully saturated rings. The molecule has 0 saturated heterocycles. The molecule has 0 spiro atoms. The molecule has 2 N–H and O–H groups in total. The van der Waals surface area contributed by atoms with Crippen LogP contribution in [0, 0.1) is 5.92 Å². The third-order valence-electron chi connectivity index (χ3n) is 5.40. The quantitative estimate of drug-likeness (QED) is 0.187. The maximum absolute atomic E-state index is 12.8. The number of benzene rings is 3. The molecular formula is C29H31BrClN3O4. The lowest BCUT2D eigenvalue weighted by atomic mass is 10.0. The van der Waals surface area contributed by atoms with E-state index in [1.54, 1.807) is 36.4 Å². The fourth-order valence-electron chi connectivity index (χ4n) is 3.53. The number of ether oxygens (including phenoxy) is 2. The lowest BCUT2D eigenvalue weighted by molar-refractivity contribution is -0.123. The first-order valence-electron chi connectivity index (χ1n) is 12.3. The Kier molecular flexibility index (Phi) is 11.2. The van der Waals surface area contributed by atoms with Crippen molar-refractivity contribution in [2.45, 2.75) is 39.8 Å². The van der Waals surface area contributed by atoms with Gasteiger partial charge in [0.1, 0.15) is 12.6 Å². The van der Waals surface area contributed by atoms with Gasteiger partial charge < -0.3 is 14.8 Å². The second-order valence-corrected chi connectivity index (χ2v) is 10.3. The van der Waals surface area contributed by atoms with Gasteiger partial charge in [-0.2, -0.15) is 5.10 Å². The van der Waals surface area contributed by atoms with Gasteiger partial charge >= 0.3 is 0 Å². The van der Waals surface area contributed by atoms with Crippen LogP contribution in [-0.4, -0.2) is 30.7 Å². The first-order valence-corrected chi connectivity index (χ1v) is 13.5. The van der Waals surface area contributed by atoms with Crippen LogP contribution in [0.1, 0.15) is 48.7 Å². The van der Waals surface area contributed by atoms with Gasteiger partial charge in [0.25, 0.3) is 11.8 Å². The van der Waals surface area contributed by atoms with Crippen LogP contribution in [0.4, 0.5) is 0 Å². The first-order chi connectivity index (χ1) is 18.2. The van der Waals surface area contributed by atoms with Crippen LogP contribution in [0.2, 0.25) is 5.02 Å². The van der Waals surface area contributed by atoms with E-state index < -0.39 is 11.9 Å². The van der Waals surface area contributed by atoms with Crippen molar-refractivity contribution < 1.29 is 19.1 Å². The first kappa shape index (κ1) is 29.2. The van der Waals surface area contributed by atoms with E-state index in [0.717, 1.165) is 15.6 Å². The van der Waals surface area contributed by atoms with E-state index in [1.807, 2.05) is 51.1 Å². The molecule has 9 heteroatoms. The predicted molar refractivity (Wildman–Crippen MR) is 154 cm³/mol. The molecule has 1 unspecified atom stereocenters. The van der Waals surface area contributed by atoms with Crippen molar-refractivity contribution in [2.75, 3.05) is 6.61 Å². The Morgan fingerprint density at radius 1 is 1.00 bits per heavy atom. The lowest BCUT2D eigenvalue weighted by Crippen LogP contribution is -2.46. The number of hydrogen-bond acceptors (Lipinski definition) is 5. The zero-order valence-corrected chi connectivity index (χ0v) is 23.9. The summed E-state index contributed by atoms with van der Waals surface area (Å²) >= 11 is 9.33. The molecule has 0 saturated carbocycles. The largest absolute Gasteiger partial charge is 0.490 e. The zero-order valence-electron chi connectivity index (χ0n) is 21.5. The number of rotatable bonds is 12. The molecule has 3 rings (SSSR count). The summed E-state index contributed by atoms with van der Waals surface area (Å²) in [7, 11) is 0.